The van der Waals surface area contributed by atoms with Crippen LogP contribution in [0, 0.1) is 23.8 Å². The van der Waals surface area contributed by atoms with Crippen molar-refractivity contribution in [3.63, 3.8) is 0 Å². The number of rotatable bonds is 4. The number of carbonyl (C=O) groups is 1. The molecule has 1 aromatic heterocycles. The molecule has 0 aliphatic heterocycles. The van der Waals surface area contributed by atoms with Gasteiger partial charge in [0.25, 0.3) is 0 Å². The summed E-state index contributed by atoms with van der Waals surface area (Å²) in [5.41, 5.74) is -0.829. The normalized spacial score (nSPS) is 19.1. The highest BCUT2D eigenvalue weighted by Crippen LogP contribution is 2.51. The fourth-order valence-corrected chi connectivity index (χ4v) is 2.36. The lowest BCUT2D eigenvalue weighted by molar-refractivity contribution is -0.148. The van der Waals surface area contributed by atoms with Gasteiger partial charge >= 0.3 is 12.0 Å². The lowest BCUT2D eigenvalue weighted by Gasteiger charge is -2.26. The molecule has 1 heterocycles. The smallest absolute Gasteiger partial charge is 0.327 e. The molecule has 1 aliphatic rings. The van der Waals surface area contributed by atoms with Crippen LogP contribution in [0.4, 0.5) is 0 Å². The van der Waals surface area contributed by atoms with Gasteiger partial charge < -0.3 is 9.26 Å². The van der Waals surface area contributed by atoms with Gasteiger partial charge in [0.15, 0.2) is 11.5 Å². The number of nitriles is 1. The summed E-state index contributed by atoms with van der Waals surface area (Å²) < 4.78 is 9.58. The van der Waals surface area contributed by atoms with Crippen molar-refractivity contribution in [2.75, 3.05) is 7.11 Å². The minimum Gasteiger partial charge on any atom is -0.468 e. The molecule has 1 fully saturated rings. The van der Waals surface area contributed by atoms with E-state index in [9.17, 15) is 4.79 Å². The third kappa shape index (κ3) is 1.54. The van der Waals surface area contributed by atoms with Crippen LogP contribution in [0.1, 0.15) is 18.4 Å². The first-order valence-corrected chi connectivity index (χ1v) is 5.46. The predicted octanol–water partition coefficient (Wildman–Crippen LogP) is 1.31. The predicted molar refractivity (Wildman–Crippen MR) is 58.9 cm³/mol. The van der Waals surface area contributed by atoms with E-state index in [2.05, 4.69) is 10.0 Å². The summed E-state index contributed by atoms with van der Waals surface area (Å²) in [6.07, 6.45) is 4.26. The van der Waals surface area contributed by atoms with Crippen LogP contribution in [0.2, 0.25) is 0 Å². The van der Waals surface area contributed by atoms with Crippen molar-refractivity contribution in [3.8, 4) is 6.07 Å². The Bertz CT molecular complexity index is 508. The summed E-state index contributed by atoms with van der Waals surface area (Å²) in [5.74, 6) is -0.640. The third-order valence-corrected chi connectivity index (χ3v) is 3.34. The topological polar surface area (TPSA) is 80.5 Å². The van der Waals surface area contributed by atoms with E-state index < -0.39 is 17.4 Å². The standard InChI is InChI=1S/C12H11N3O3/c1-14-10(5-13)12(8-3-4-8,11(16)17-2)9-6-15-18-7-9/h6-8,10H,3-4H2,2H3. The Morgan fingerprint density at radius 3 is 2.94 bits per heavy atom. The van der Waals surface area contributed by atoms with E-state index in [1.54, 1.807) is 0 Å². The van der Waals surface area contributed by atoms with E-state index in [0.29, 0.717) is 5.56 Å². The molecule has 6 nitrogen and oxygen atoms in total. The van der Waals surface area contributed by atoms with Crippen LogP contribution in [0.15, 0.2) is 17.0 Å². The summed E-state index contributed by atoms with van der Waals surface area (Å²) >= 11 is 0. The molecule has 0 saturated heterocycles. The molecule has 2 rings (SSSR count). The summed E-state index contributed by atoms with van der Waals surface area (Å²) in [6, 6.07) is 0.765. The van der Waals surface area contributed by atoms with Gasteiger partial charge in [-0.3, -0.25) is 9.64 Å². The van der Waals surface area contributed by atoms with Crippen molar-refractivity contribution < 1.29 is 14.1 Å². The first-order valence-electron chi connectivity index (χ1n) is 5.46. The van der Waals surface area contributed by atoms with Gasteiger partial charge in [0.2, 0.25) is 0 Å². The lowest BCUT2D eigenvalue weighted by Crippen LogP contribution is -2.47. The molecular weight excluding hydrogens is 234 g/mol. The maximum absolute atomic E-state index is 12.2. The Kier molecular flexibility index (Phi) is 3.03. The van der Waals surface area contributed by atoms with Crippen LogP contribution in [-0.2, 0) is 14.9 Å². The summed E-state index contributed by atoms with van der Waals surface area (Å²) in [7, 11) is 1.26. The number of hydrogen-bond acceptors (Lipinski definition) is 5. The highest BCUT2D eigenvalue weighted by Gasteiger charge is 2.63. The number of esters is 1. The van der Waals surface area contributed by atoms with Crippen molar-refractivity contribution in [1.82, 2.24) is 5.16 Å². The van der Waals surface area contributed by atoms with Gasteiger partial charge in [-0.05, 0) is 18.8 Å². The van der Waals surface area contributed by atoms with Gasteiger partial charge in [-0.1, -0.05) is 5.16 Å². The zero-order valence-corrected chi connectivity index (χ0v) is 9.79. The molecule has 1 aromatic rings. The SMILES string of the molecule is [C-]#[N+]C(C#N)C(C(=O)OC)(c1cnoc1)C1CC1. The molecule has 0 amide bonds. The summed E-state index contributed by atoms with van der Waals surface area (Å²) in [4.78, 5) is 15.5. The van der Waals surface area contributed by atoms with Crippen molar-refractivity contribution in [1.29, 1.82) is 5.26 Å². The second kappa shape index (κ2) is 4.50. The highest BCUT2D eigenvalue weighted by atomic mass is 16.5. The Morgan fingerprint density at radius 1 is 1.83 bits per heavy atom. The fraction of sp³-hybridized carbons (Fsp3) is 0.500. The van der Waals surface area contributed by atoms with Crippen molar-refractivity contribution in [2.45, 2.75) is 24.3 Å². The minimum absolute atomic E-state index is 0.0666. The number of methoxy groups -OCH3 is 1. The van der Waals surface area contributed by atoms with Crippen LogP contribution in [0.3, 0.4) is 0 Å². The van der Waals surface area contributed by atoms with E-state index in [-0.39, 0.29) is 5.92 Å². The van der Waals surface area contributed by atoms with Crippen LogP contribution in [0.5, 0.6) is 0 Å². The molecule has 0 radical (unpaired) electrons. The van der Waals surface area contributed by atoms with Crippen LogP contribution < -0.4 is 0 Å². The number of carbonyl (C=O) groups excluding carboxylic acids is 1. The second-order valence-corrected chi connectivity index (χ2v) is 4.21. The van der Waals surface area contributed by atoms with Crippen LogP contribution >= 0.6 is 0 Å². The van der Waals surface area contributed by atoms with E-state index in [0.717, 1.165) is 12.8 Å². The molecule has 92 valence electrons. The molecule has 0 spiro atoms. The number of aromatic nitrogens is 1. The van der Waals surface area contributed by atoms with Gasteiger partial charge in [-0.2, -0.15) is 5.26 Å². The average molecular weight is 245 g/mol. The number of nitrogens with zero attached hydrogens (tertiary/aromatic N) is 3. The first kappa shape index (κ1) is 12.1. The van der Waals surface area contributed by atoms with Crippen molar-refractivity contribution in [2.24, 2.45) is 5.92 Å². The fourth-order valence-electron chi connectivity index (χ4n) is 2.36. The quantitative estimate of drug-likeness (QED) is 0.590. The Labute approximate surface area is 104 Å². The van der Waals surface area contributed by atoms with Gasteiger partial charge in [0, 0.05) is 5.56 Å². The number of hydrogen-bond donors (Lipinski definition) is 0. The van der Waals surface area contributed by atoms with E-state index in [1.807, 2.05) is 6.07 Å². The largest absolute Gasteiger partial charge is 0.468 e. The maximum atomic E-state index is 12.2. The zero-order chi connectivity index (χ0) is 13.2. The Balaban J connectivity index is 2.60. The monoisotopic (exact) mass is 245 g/mol. The Morgan fingerprint density at radius 2 is 2.56 bits per heavy atom. The van der Waals surface area contributed by atoms with Gasteiger partial charge in [0.1, 0.15) is 6.26 Å². The van der Waals surface area contributed by atoms with Gasteiger partial charge in [0.05, 0.1) is 13.3 Å². The van der Waals surface area contributed by atoms with Crippen LogP contribution in [-0.4, -0.2) is 24.3 Å². The second-order valence-electron chi connectivity index (χ2n) is 4.21. The molecule has 0 aromatic carbocycles. The van der Waals surface area contributed by atoms with Crippen molar-refractivity contribution >= 4 is 5.97 Å². The summed E-state index contributed by atoms with van der Waals surface area (Å²) in [5, 5.41) is 12.7. The molecule has 0 N–H and O–H groups in total. The molecule has 2 unspecified atom stereocenters. The van der Waals surface area contributed by atoms with Crippen LogP contribution in [0.25, 0.3) is 4.85 Å². The average Bonchev–Trinajstić information content (AvgIpc) is 3.10. The zero-order valence-electron chi connectivity index (χ0n) is 9.79. The van der Waals surface area contributed by atoms with Gasteiger partial charge in [-0.25, -0.2) is 6.57 Å². The molecule has 1 saturated carbocycles. The Hall–Kier alpha value is -2.34. The highest BCUT2D eigenvalue weighted by molar-refractivity contribution is 5.86. The summed E-state index contributed by atoms with van der Waals surface area (Å²) in [6.45, 7) is 7.15. The van der Waals surface area contributed by atoms with E-state index in [1.165, 1.54) is 19.6 Å². The first-order chi connectivity index (χ1) is 8.71. The number of ether oxygens (including phenoxy) is 1. The molecule has 0 bridgehead atoms. The third-order valence-electron chi connectivity index (χ3n) is 3.34. The molecular formula is C12H11N3O3. The molecule has 1 aliphatic carbocycles. The minimum atomic E-state index is -1.27. The van der Waals surface area contributed by atoms with Crippen molar-refractivity contribution in [3.05, 3.63) is 29.4 Å². The maximum Gasteiger partial charge on any atom is 0.327 e. The molecule has 18 heavy (non-hydrogen) atoms. The molecule has 2 atom stereocenters. The van der Waals surface area contributed by atoms with Gasteiger partial charge in [-0.15, -0.1) is 0 Å². The van der Waals surface area contributed by atoms with E-state index >= 15 is 0 Å². The van der Waals surface area contributed by atoms with E-state index in [4.69, 9.17) is 21.1 Å². The lowest BCUT2D eigenvalue weighted by atomic mass is 9.72. The molecule has 6 heteroatoms.